The maximum atomic E-state index is 12.6. The number of amides is 2. The predicted octanol–water partition coefficient (Wildman–Crippen LogP) is 2.49. The lowest BCUT2D eigenvalue weighted by Crippen LogP contribution is -2.50. The van der Waals surface area contributed by atoms with Crippen molar-refractivity contribution in [2.45, 2.75) is 13.8 Å². The summed E-state index contributed by atoms with van der Waals surface area (Å²) < 4.78 is 4.95. The Balaban J connectivity index is 1.64. The van der Waals surface area contributed by atoms with Crippen molar-refractivity contribution in [3.05, 3.63) is 59.0 Å². The second-order valence-corrected chi connectivity index (χ2v) is 5.91. The van der Waals surface area contributed by atoms with Gasteiger partial charge in [-0.2, -0.15) is 0 Å². The molecule has 0 aliphatic carbocycles. The van der Waals surface area contributed by atoms with Crippen LogP contribution in [0.1, 0.15) is 31.8 Å². The average Bonchev–Trinajstić information content (AvgIpc) is 3.08. The second kappa shape index (κ2) is 6.28. The van der Waals surface area contributed by atoms with E-state index in [9.17, 15) is 9.59 Å². The number of aryl methyl sites for hydroxylation is 2. The first-order valence-electron chi connectivity index (χ1n) is 7.74. The molecule has 1 aliphatic heterocycles. The van der Waals surface area contributed by atoms with Gasteiger partial charge in [0.1, 0.15) is 6.26 Å². The number of furan rings is 1. The molecular formula is C18H20N2O3. The molecule has 5 nitrogen and oxygen atoms in total. The Bertz CT molecular complexity index is 714. The van der Waals surface area contributed by atoms with E-state index in [2.05, 4.69) is 0 Å². The van der Waals surface area contributed by atoms with Crippen LogP contribution in [-0.4, -0.2) is 47.8 Å². The molecule has 1 aromatic heterocycles. The van der Waals surface area contributed by atoms with Crippen molar-refractivity contribution in [3.63, 3.8) is 0 Å². The zero-order valence-electron chi connectivity index (χ0n) is 13.4. The fraction of sp³-hybridized carbons (Fsp3) is 0.333. The zero-order valence-corrected chi connectivity index (χ0v) is 13.4. The van der Waals surface area contributed by atoms with Crippen molar-refractivity contribution >= 4 is 11.8 Å². The molecule has 0 saturated carbocycles. The summed E-state index contributed by atoms with van der Waals surface area (Å²) in [4.78, 5) is 28.5. The topological polar surface area (TPSA) is 53.8 Å². The molecular weight excluding hydrogens is 292 g/mol. The molecule has 2 aromatic rings. The van der Waals surface area contributed by atoms with Gasteiger partial charge in [0, 0.05) is 31.7 Å². The number of piperazine rings is 1. The van der Waals surface area contributed by atoms with Gasteiger partial charge in [0.25, 0.3) is 11.8 Å². The Morgan fingerprint density at radius 2 is 1.61 bits per heavy atom. The fourth-order valence-corrected chi connectivity index (χ4v) is 2.91. The van der Waals surface area contributed by atoms with Crippen LogP contribution in [0.25, 0.3) is 0 Å². The van der Waals surface area contributed by atoms with Gasteiger partial charge in [-0.1, -0.05) is 17.7 Å². The van der Waals surface area contributed by atoms with Crippen molar-refractivity contribution < 1.29 is 14.0 Å². The molecule has 0 unspecified atom stereocenters. The summed E-state index contributed by atoms with van der Waals surface area (Å²) in [7, 11) is 0. The smallest absolute Gasteiger partial charge is 0.257 e. The Morgan fingerprint density at radius 3 is 2.17 bits per heavy atom. The zero-order chi connectivity index (χ0) is 16.4. The molecule has 0 N–H and O–H groups in total. The number of hydrogen-bond donors (Lipinski definition) is 0. The molecule has 1 fully saturated rings. The van der Waals surface area contributed by atoms with Crippen LogP contribution in [0, 0.1) is 13.8 Å². The van der Waals surface area contributed by atoms with Gasteiger partial charge in [0.2, 0.25) is 0 Å². The first-order chi connectivity index (χ1) is 11.1. The van der Waals surface area contributed by atoms with Crippen molar-refractivity contribution in [2.24, 2.45) is 0 Å². The molecule has 1 aromatic carbocycles. The number of carbonyl (C=O) groups is 2. The van der Waals surface area contributed by atoms with Gasteiger partial charge in [-0.05, 0) is 31.5 Å². The van der Waals surface area contributed by atoms with Crippen LogP contribution in [-0.2, 0) is 0 Å². The molecule has 2 heterocycles. The van der Waals surface area contributed by atoms with Crippen LogP contribution < -0.4 is 0 Å². The molecule has 23 heavy (non-hydrogen) atoms. The molecule has 120 valence electrons. The highest BCUT2D eigenvalue weighted by molar-refractivity contribution is 5.96. The quantitative estimate of drug-likeness (QED) is 0.856. The van der Waals surface area contributed by atoms with E-state index in [1.54, 1.807) is 11.0 Å². The number of nitrogens with zero attached hydrogens (tertiary/aromatic N) is 2. The Kier molecular flexibility index (Phi) is 4.19. The standard InChI is InChI=1S/C18H20N2O3/c1-13-3-4-16(14(2)11-13)18(22)20-8-6-19(7-9-20)17(21)15-5-10-23-12-15/h3-5,10-12H,6-9H2,1-2H3. The van der Waals surface area contributed by atoms with Crippen LogP contribution in [0.2, 0.25) is 0 Å². The van der Waals surface area contributed by atoms with E-state index in [0.717, 1.165) is 16.7 Å². The van der Waals surface area contributed by atoms with Crippen molar-refractivity contribution in [3.8, 4) is 0 Å². The lowest BCUT2D eigenvalue weighted by Gasteiger charge is -2.34. The average molecular weight is 312 g/mol. The van der Waals surface area contributed by atoms with Crippen molar-refractivity contribution in [2.75, 3.05) is 26.2 Å². The van der Waals surface area contributed by atoms with Crippen LogP contribution >= 0.6 is 0 Å². The third-order valence-electron chi connectivity index (χ3n) is 4.23. The normalized spacial score (nSPS) is 14.9. The minimum Gasteiger partial charge on any atom is -0.472 e. The van der Waals surface area contributed by atoms with Crippen molar-refractivity contribution in [1.29, 1.82) is 0 Å². The molecule has 0 radical (unpaired) electrons. The summed E-state index contributed by atoms with van der Waals surface area (Å²) in [6.45, 7) is 6.16. The highest BCUT2D eigenvalue weighted by Crippen LogP contribution is 2.16. The largest absolute Gasteiger partial charge is 0.472 e. The molecule has 1 saturated heterocycles. The minimum absolute atomic E-state index is 0.0397. The third kappa shape index (κ3) is 3.13. The Labute approximate surface area is 135 Å². The van der Waals surface area contributed by atoms with E-state index in [4.69, 9.17) is 4.42 Å². The van der Waals surface area contributed by atoms with Gasteiger partial charge in [-0.3, -0.25) is 9.59 Å². The summed E-state index contributed by atoms with van der Waals surface area (Å²) in [5.41, 5.74) is 3.44. The van der Waals surface area contributed by atoms with E-state index in [1.807, 2.05) is 36.9 Å². The van der Waals surface area contributed by atoms with Gasteiger partial charge in [-0.25, -0.2) is 0 Å². The SMILES string of the molecule is Cc1ccc(C(=O)N2CCN(C(=O)c3ccoc3)CC2)c(C)c1. The number of hydrogen-bond acceptors (Lipinski definition) is 3. The molecule has 3 rings (SSSR count). The first-order valence-corrected chi connectivity index (χ1v) is 7.74. The minimum atomic E-state index is -0.0441. The first kappa shape index (κ1) is 15.3. The van der Waals surface area contributed by atoms with E-state index in [0.29, 0.717) is 31.7 Å². The molecule has 0 atom stereocenters. The van der Waals surface area contributed by atoms with E-state index < -0.39 is 0 Å². The summed E-state index contributed by atoms with van der Waals surface area (Å²) in [5, 5.41) is 0. The number of benzene rings is 1. The highest BCUT2D eigenvalue weighted by Gasteiger charge is 2.26. The Morgan fingerprint density at radius 1 is 0.957 bits per heavy atom. The Hall–Kier alpha value is -2.56. The van der Waals surface area contributed by atoms with E-state index >= 15 is 0 Å². The van der Waals surface area contributed by atoms with Crippen LogP contribution in [0.15, 0.2) is 41.2 Å². The summed E-state index contributed by atoms with van der Waals surface area (Å²) in [5.74, 6) is -0.00437. The summed E-state index contributed by atoms with van der Waals surface area (Å²) in [6, 6.07) is 7.52. The van der Waals surface area contributed by atoms with Crippen LogP contribution in [0.3, 0.4) is 0 Å². The summed E-state index contributed by atoms with van der Waals surface area (Å²) in [6.07, 6.45) is 2.95. The molecule has 0 spiro atoms. The highest BCUT2D eigenvalue weighted by atomic mass is 16.3. The maximum Gasteiger partial charge on any atom is 0.257 e. The third-order valence-corrected chi connectivity index (χ3v) is 4.23. The van der Waals surface area contributed by atoms with Crippen LogP contribution in [0.4, 0.5) is 0 Å². The summed E-state index contributed by atoms with van der Waals surface area (Å²) >= 11 is 0. The van der Waals surface area contributed by atoms with E-state index in [-0.39, 0.29) is 11.8 Å². The lowest BCUT2D eigenvalue weighted by molar-refractivity contribution is 0.0534. The number of rotatable bonds is 2. The van der Waals surface area contributed by atoms with Crippen LogP contribution in [0.5, 0.6) is 0 Å². The lowest BCUT2D eigenvalue weighted by atomic mass is 10.0. The van der Waals surface area contributed by atoms with Gasteiger partial charge in [0.15, 0.2) is 0 Å². The van der Waals surface area contributed by atoms with Gasteiger partial charge in [-0.15, -0.1) is 0 Å². The van der Waals surface area contributed by atoms with Gasteiger partial charge >= 0.3 is 0 Å². The molecule has 5 heteroatoms. The molecule has 1 aliphatic rings. The second-order valence-electron chi connectivity index (χ2n) is 5.91. The molecule has 0 bridgehead atoms. The van der Waals surface area contributed by atoms with Crippen molar-refractivity contribution in [1.82, 2.24) is 9.80 Å². The van der Waals surface area contributed by atoms with Gasteiger partial charge < -0.3 is 14.2 Å². The maximum absolute atomic E-state index is 12.6. The number of carbonyl (C=O) groups excluding carboxylic acids is 2. The van der Waals surface area contributed by atoms with Gasteiger partial charge in [0.05, 0.1) is 11.8 Å². The monoisotopic (exact) mass is 312 g/mol. The molecule has 2 amide bonds. The van der Waals surface area contributed by atoms with E-state index in [1.165, 1.54) is 12.5 Å². The fourth-order valence-electron chi connectivity index (χ4n) is 2.91. The predicted molar refractivity (Wildman–Crippen MR) is 86.4 cm³/mol.